The van der Waals surface area contributed by atoms with Gasteiger partial charge in [0.2, 0.25) is 11.8 Å². The highest BCUT2D eigenvalue weighted by atomic mass is 16.5. The summed E-state index contributed by atoms with van der Waals surface area (Å²) in [6.45, 7) is 2.39. The van der Waals surface area contributed by atoms with Gasteiger partial charge in [-0.2, -0.15) is 0 Å². The van der Waals surface area contributed by atoms with E-state index in [4.69, 9.17) is 0 Å². The number of hydrogen-bond acceptors (Lipinski definition) is 4. The topological polar surface area (TPSA) is 84.5 Å². The third kappa shape index (κ3) is 4.16. The number of nitrogens with one attached hydrogen (secondary N) is 2. The maximum absolute atomic E-state index is 12.6. The van der Waals surface area contributed by atoms with E-state index in [0.717, 1.165) is 11.1 Å². The van der Waals surface area contributed by atoms with Gasteiger partial charge in [-0.25, -0.2) is 4.79 Å². The van der Waals surface area contributed by atoms with Gasteiger partial charge in [-0.15, -0.1) is 0 Å². The molecule has 0 radical (unpaired) electrons. The molecule has 2 N–H and O–H groups in total. The van der Waals surface area contributed by atoms with Crippen LogP contribution in [-0.2, 0) is 20.9 Å². The molecule has 6 heteroatoms. The van der Waals surface area contributed by atoms with Gasteiger partial charge in [0.15, 0.2) is 0 Å². The van der Waals surface area contributed by atoms with Gasteiger partial charge in [0, 0.05) is 12.2 Å². The first-order valence-corrected chi connectivity index (χ1v) is 8.78. The molecule has 0 unspecified atom stereocenters. The molecule has 27 heavy (non-hydrogen) atoms. The first kappa shape index (κ1) is 18.6. The van der Waals surface area contributed by atoms with Gasteiger partial charge in [-0.3, -0.25) is 9.59 Å². The van der Waals surface area contributed by atoms with Crippen molar-refractivity contribution in [2.75, 3.05) is 12.4 Å². The average molecular weight is 366 g/mol. The Morgan fingerprint density at radius 2 is 1.59 bits per heavy atom. The molecule has 0 spiro atoms. The molecule has 1 fully saturated rings. The number of methoxy groups -OCH3 is 1. The second-order valence-electron chi connectivity index (χ2n) is 6.77. The highest BCUT2D eigenvalue weighted by molar-refractivity contribution is 6.13. The lowest BCUT2D eigenvalue weighted by atomic mass is 10.0. The number of amides is 2. The van der Waals surface area contributed by atoms with Crippen LogP contribution in [0.2, 0.25) is 0 Å². The smallest absolute Gasteiger partial charge is 0.337 e. The van der Waals surface area contributed by atoms with Crippen LogP contribution in [0.4, 0.5) is 5.69 Å². The summed E-state index contributed by atoms with van der Waals surface area (Å²) in [5, 5.41) is 5.62. The van der Waals surface area contributed by atoms with Crippen LogP contribution in [0.3, 0.4) is 0 Å². The molecule has 2 aromatic carbocycles. The van der Waals surface area contributed by atoms with Crippen LogP contribution in [0.5, 0.6) is 0 Å². The van der Waals surface area contributed by atoms with E-state index in [1.54, 1.807) is 24.3 Å². The van der Waals surface area contributed by atoms with Crippen molar-refractivity contribution in [3.63, 3.8) is 0 Å². The van der Waals surface area contributed by atoms with Crippen molar-refractivity contribution in [2.24, 2.45) is 5.41 Å². The van der Waals surface area contributed by atoms with Gasteiger partial charge in [0.25, 0.3) is 0 Å². The normalized spacial score (nSPS) is 14.1. The Labute approximate surface area is 157 Å². The molecule has 0 aliphatic heterocycles. The molecular weight excluding hydrogens is 344 g/mol. The Morgan fingerprint density at radius 1 is 0.963 bits per heavy atom. The fraction of sp³-hybridized carbons (Fsp3) is 0.286. The van der Waals surface area contributed by atoms with E-state index in [1.165, 1.54) is 7.11 Å². The van der Waals surface area contributed by atoms with Gasteiger partial charge in [0.05, 0.1) is 12.7 Å². The van der Waals surface area contributed by atoms with E-state index in [1.807, 2.05) is 31.2 Å². The van der Waals surface area contributed by atoms with Crippen LogP contribution in [0.15, 0.2) is 48.5 Å². The monoisotopic (exact) mass is 366 g/mol. The van der Waals surface area contributed by atoms with E-state index < -0.39 is 11.4 Å². The summed E-state index contributed by atoms with van der Waals surface area (Å²) in [5.41, 5.74) is 2.06. The van der Waals surface area contributed by atoms with Crippen LogP contribution in [-0.4, -0.2) is 24.9 Å². The number of esters is 1. The number of aryl methyl sites for hydroxylation is 1. The average Bonchev–Trinajstić information content (AvgIpc) is 3.49. The Kier molecular flexibility index (Phi) is 5.26. The van der Waals surface area contributed by atoms with Crippen molar-refractivity contribution in [3.8, 4) is 0 Å². The number of hydrogen-bond donors (Lipinski definition) is 2. The third-order valence-corrected chi connectivity index (χ3v) is 4.76. The lowest BCUT2D eigenvalue weighted by Gasteiger charge is -2.16. The quantitative estimate of drug-likeness (QED) is 0.608. The van der Waals surface area contributed by atoms with E-state index in [9.17, 15) is 14.4 Å². The SMILES string of the molecule is COC(=O)c1ccc(NC(=O)C2(C(=O)NCc3ccc(C)cc3)CC2)cc1. The molecule has 2 amide bonds. The predicted molar refractivity (Wildman–Crippen MR) is 101 cm³/mol. The van der Waals surface area contributed by atoms with Crippen molar-refractivity contribution in [2.45, 2.75) is 26.3 Å². The van der Waals surface area contributed by atoms with E-state index >= 15 is 0 Å². The van der Waals surface area contributed by atoms with E-state index in [0.29, 0.717) is 30.6 Å². The highest BCUT2D eigenvalue weighted by Crippen LogP contribution is 2.46. The maximum atomic E-state index is 12.6. The van der Waals surface area contributed by atoms with Gasteiger partial charge in [-0.05, 0) is 49.6 Å². The number of carbonyl (C=O) groups is 3. The molecule has 1 aliphatic rings. The fourth-order valence-electron chi connectivity index (χ4n) is 2.80. The minimum atomic E-state index is -1.01. The largest absolute Gasteiger partial charge is 0.465 e. The summed E-state index contributed by atoms with van der Waals surface area (Å²) in [6.07, 6.45) is 1.05. The second kappa shape index (κ2) is 7.61. The minimum absolute atomic E-state index is 0.258. The predicted octanol–water partition coefficient (Wildman–Crippen LogP) is 2.82. The molecule has 2 aromatic rings. The van der Waals surface area contributed by atoms with Crippen LogP contribution in [0, 0.1) is 12.3 Å². The van der Waals surface area contributed by atoms with Crippen LogP contribution in [0.1, 0.15) is 34.3 Å². The van der Waals surface area contributed by atoms with Gasteiger partial charge < -0.3 is 15.4 Å². The van der Waals surface area contributed by atoms with Crippen LogP contribution in [0.25, 0.3) is 0 Å². The molecule has 1 aliphatic carbocycles. The zero-order valence-electron chi connectivity index (χ0n) is 15.4. The van der Waals surface area contributed by atoms with Gasteiger partial charge in [-0.1, -0.05) is 29.8 Å². The maximum Gasteiger partial charge on any atom is 0.337 e. The number of rotatable bonds is 6. The van der Waals surface area contributed by atoms with Crippen molar-refractivity contribution < 1.29 is 19.1 Å². The molecule has 140 valence electrons. The van der Waals surface area contributed by atoms with E-state index in [2.05, 4.69) is 15.4 Å². The molecule has 6 nitrogen and oxygen atoms in total. The molecular formula is C21H22N2O4. The summed E-state index contributed by atoms with van der Waals surface area (Å²) >= 11 is 0. The Bertz CT molecular complexity index is 853. The Hall–Kier alpha value is -3.15. The van der Waals surface area contributed by atoms with Crippen LogP contribution >= 0.6 is 0 Å². The number of benzene rings is 2. The summed E-state index contributed by atoms with van der Waals surface area (Å²) in [5.74, 6) is -1.02. The molecule has 0 heterocycles. The number of carbonyl (C=O) groups excluding carboxylic acids is 3. The molecule has 0 aromatic heterocycles. The first-order chi connectivity index (χ1) is 12.9. The molecule has 3 rings (SSSR count). The lowest BCUT2D eigenvalue weighted by molar-refractivity contribution is -0.134. The van der Waals surface area contributed by atoms with Crippen molar-refractivity contribution in [3.05, 3.63) is 65.2 Å². The van der Waals surface area contributed by atoms with Gasteiger partial charge in [0.1, 0.15) is 5.41 Å². The third-order valence-electron chi connectivity index (χ3n) is 4.76. The van der Waals surface area contributed by atoms with Gasteiger partial charge >= 0.3 is 5.97 Å². The fourth-order valence-corrected chi connectivity index (χ4v) is 2.80. The number of ether oxygens (including phenoxy) is 1. The van der Waals surface area contributed by atoms with E-state index in [-0.39, 0.29) is 11.8 Å². The second-order valence-corrected chi connectivity index (χ2v) is 6.77. The molecule has 0 atom stereocenters. The Balaban J connectivity index is 1.59. The zero-order chi connectivity index (χ0) is 19.4. The minimum Gasteiger partial charge on any atom is -0.465 e. The highest BCUT2D eigenvalue weighted by Gasteiger charge is 2.56. The standard InChI is InChI=1S/C21H22N2O4/c1-14-3-5-15(6-4-14)13-22-19(25)21(11-12-21)20(26)23-17-9-7-16(8-10-17)18(24)27-2/h3-10H,11-13H2,1-2H3,(H,22,25)(H,23,26). The van der Waals surface area contributed by atoms with Crippen molar-refractivity contribution in [1.29, 1.82) is 0 Å². The summed E-state index contributed by atoms with van der Waals surface area (Å²) in [4.78, 5) is 36.6. The summed E-state index contributed by atoms with van der Waals surface area (Å²) in [7, 11) is 1.31. The molecule has 1 saturated carbocycles. The van der Waals surface area contributed by atoms with Crippen molar-refractivity contribution in [1.82, 2.24) is 5.32 Å². The Morgan fingerprint density at radius 3 is 2.15 bits per heavy atom. The summed E-state index contributed by atoms with van der Waals surface area (Å²) in [6, 6.07) is 14.3. The first-order valence-electron chi connectivity index (χ1n) is 8.78. The number of anilines is 1. The zero-order valence-corrected chi connectivity index (χ0v) is 15.4. The van der Waals surface area contributed by atoms with Crippen molar-refractivity contribution >= 4 is 23.5 Å². The molecule has 0 saturated heterocycles. The lowest BCUT2D eigenvalue weighted by Crippen LogP contribution is -2.39. The molecule has 0 bridgehead atoms. The van der Waals surface area contributed by atoms with Crippen LogP contribution < -0.4 is 10.6 Å². The summed E-state index contributed by atoms with van der Waals surface area (Å²) < 4.78 is 4.64.